The first kappa shape index (κ1) is 13.8. The summed E-state index contributed by atoms with van der Waals surface area (Å²) in [6.45, 7) is -1.02. The Kier molecular flexibility index (Phi) is 4.36. The van der Waals surface area contributed by atoms with Crippen molar-refractivity contribution in [2.45, 2.75) is 12.3 Å². The first-order chi connectivity index (χ1) is 7.86. The lowest BCUT2D eigenvalue weighted by atomic mass is 10.2. The number of alkyl halides is 3. The van der Waals surface area contributed by atoms with Gasteiger partial charge in [-0.2, -0.15) is 13.2 Å². The second-order valence-electron chi connectivity index (χ2n) is 3.14. The Morgan fingerprint density at radius 1 is 1.47 bits per heavy atom. The monoisotopic (exact) mass is 268 g/mol. The molecule has 0 spiro atoms. The highest BCUT2D eigenvalue weighted by Gasteiger charge is 2.38. The fourth-order valence-electron chi connectivity index (χ4n) is 1.03. The number of aliphatic hydroxyl groups is 1. The Morgan fingerprint density at radius 3 is 2.65 bits per heavy atom. The minimum absolute atomic E-state index is 0.00368. The third-order valence-electron chi connectivity index (χ3n) is 1.89. The molecule has 1 N–H and O–H groups in total. The average molecular weight is 269 g/mol. The van der Waals surface area contributed by atoms with Gasteiger partial charge in [0, 0.05) is 0 Å². The van der Waals surface area contributed by atoms with Gasteiger partial charge in [-0.15, -0.1) is 0 Å². The Morgan fingerprint density at radius 2 is 2.12 bits per heavy atom. The number of carbonyl (C=O) groups excluding carboxylic acids is 1. The second kappa shape index (κ2) is 5.37. The number of halogens is 4. The summed E-state index contributed by atoms with van der Waals surface area (Å²) in [6, 6.07) is 4.16. The number of ether oxygens (including phenoxy) is 1. The third kappa shape index (κ3) is 3.61. The molecule has 0 bridgehead atoms. The van der Waals surface area contributed by atoms with Crippen LogP contribution in [0.2, 0.25) is 5.02 Å². The molecule has 1 aromatic rings. The number of carbonyl (C=O) groups is 1. The molecule has 17 heavy (non-hydrogen) atoms. The molecule has 0 aliphatic heterocycles. The van der Waals surface area contributed by atoms with Crippen molar-refractivity contribution in [2.75, 3.05) is 6.61 Å². The molecule has 0 aromatic heterocycles. The lowest BCUT2D eigenvalue weighted by molar-refractivity contribution is -0.210. The number of hydrogen-bond donors (Lipinski definition) is 1. The summed E-state index contributed by atoms with van der Waals surface area (Å²) < 4.78 is 40.7. The summed E-state index contributed by atoms with van der Waals surface area (Å²) in [5.74, 6) is -0.174. The van der Waals surface area contributed by atoms with Crippen LogP contribution in [-0.4, -0.2) is 30.3 Å². The zero-order chi connectivity index (χ0) is 13.1. The molecular formula is C10H8ClF3O3. The van der Waals surface area contributed by atoms with Gasteiger partial charge in [-0.3, -0.25) is 4.79 Å². The van der Waals surface area contributed by atoms with E-state index >= 15 is 0 Å². The van der Waals surface area contributed by atoms with Crippen molar-refractivity contribution in [3.8, 4) is 5.75 Å². The molecule has 1 unspecified atom stereocenters. The summed E-state index contributed by atoms with van der Waals surface area (Å²) in [4.78, 5) is 10.6. The maximum absolute atomic E-state index is 12.0. The quantitative estimate of drug-likeness (QED) is 0.853. The largest absolute Gasteiger partial charge is 0.488 e. The molecule has 7 heteroatoms. The van der Waals surface area contributed by atoms with Crippen LogP contribution in [0.1, 0.15) is 10.4 Å². The molecule has 0 saturated carbocycles. The van der Waals surface area contributed by atoms with Crippen LogP contribution in [0.15, 0.2) is 18.2 Å². The number of para-hydroxylation sites is 1. The third-order valence-corrected chi connectivity index (χ3v) is 2.19. The van der Waals surface area contributed by atoms with Crippen molar-refractivity contribution in [2.24, 2.45) is 0 Å². The second-order valence-corrected chi connectivity index (χ2v) is 3.55. The normalized spacial score (nSPS) is 13.2. The molecule has 94 valence electrons. The van der Waals surface area contributed by atoms with E-state index in [2.05, 4.69) is 0 Å². The van der Waals surface area contributed by atoms with Gasteiger partial charge in [-0.25, -0.2) is 0 Å². The van der Waals surface area contributed by atoms with E-state index in [1.807, 2.05) is 0 Å². The van der Waals surface area contributed by atoms with E-state index < -0.39 is 18.9 Å². The lowest BCUT2D eigenvalue weighted by Crippen LogP contribution is -2.34. The van der Waals surface area contributed by atoms with Crippen molar-refractivity contribution in [1.29, 1.82) is 0 Å². The molecule has 1 aromatic carbocycles. The molecule has 0 heterocycles. The Balaban J connectivity index is 2.79. The smallest absolute Gasteiger partial charge is 0.417 e. The Labute approximate surface area is 99.8 Å². The van der Waals surface area contributed by atoms with Gasteiger partial charge in [0.15, 0.2) is 12.4 Å². The minimum atomic E-state index is -4.78. The van der Waals surface area contributed by atoms with Gasteiger partial charge in [-0.1, -0.05) is 17.7 Å². The van der Waals surface area contributed by atoms with Gasteiger partial charge in [0.2, 0.25) is 0 Å². The van der Waals surface area contributed by atoms with Gasteiger partial charge in [0.05, 0.1) is 10.6 Å². The van der Waals surface area contributed by atoms with Crippen LogP contribution in [0, 0.1) is 0 Å². The van der Waals surface area contributed by atoms with E-state index in [9.17, 15) is 18.0 Å². The summed E-state index contributed by atoms with van der Waals surface area (Å²) >= 11 is 5.66. The van der Waals surface area contributed by atoms with Crippen molar-refractivity contribution in [1.82, 2.24) is 0 Å². The zero-order valence-corrected chi connectivity index (χ0v) is 9.13. The first-order valence-corrected chi connectivity index (χ1v) is 4.85. The van der Waals surface area contributed by atoms with Crippen molar-refractivity contribution >= 4 is 17.9 Å². The van der Waals surface area contributed by atoms with Crippen LogP contribution in [0.5, 0.6) is 5.75 Å². The lowest BCUT2D eigenvalue weighted by Gasteiger charge is -2.16. The molecule has 1 rings (SSSR count). The molecule has 0 aliphatic rings. The molecule has 0 aliphatic carbocycles. The predicted molar refractivity (Wildman–Crippen MR) is 54.4 cm³/mol. The Hall–Kier alpha value is -1.27. The van der Waals surface area contributed by atoms with Crippen molar-refractivity contribution in [3.63, 3.8) is 0 Å². The summed E-state index contributed by atoms with van der Waals surface area (Å²) in [5.41, 5.74) is 0.0203. The molecule has 0 saturated heterocycles. The van der Waals surface area contributed by atoms with E-state index in [-0.39, 0.29) is 16.3 Å². The maximum Gasteiger partial charge on any atom is 0.417 e. The standard InChI is InChI=1S/C10H8ClF3O3/c11-7-3-1-2-6(4-15)9(7)17-5-8(16)10(12,13)14/h1-4,8,16H,5H2. The number of benzene rings is 1. The number of rotatable bonds is 4. The Bertz CT molecular complexity index is 406. The molecule has 1 atom stereocenters. The van der Waals surface area contributed by atoms with Gasteiger partial charge in [0.1, 0.15) is 12.4 Å². The number of hydrogen-bond acceptors (Lipinski definition) is 3. The van der Waals surface area contributed by atoms with E-state index in [0.29, 0.717) is 6.29 Å². The fraction of sp³-hybridized carbons (Fsp3) is 0.300. The topological polar surface area (TPSA) is 46.5 Å². The predicted octanol–water partition coefficient (Wildman–Crippen LogP) is 2.45. The fourth-order valence-corrected chi connectivity index (χ4v) is 1.26. The molecule has 3 nitrogen and oxygen atoms in total. The van der Waals surface area contributed by atoms with Gasteiger partial charge >= 0.3 is 6.18 Å². The van der Waals surface area contributed by atoms with Crippen LogP contribution in [0.25, 0.3) is 0 Å². The average Bonchev–Trinajstić information content (AvgIpc) is 2.25. The highest BCUT2D eigenvalue weighted by atomic mass is 35.5. The minimum Gasteiger partial charge on any atom is -0.488 e. The van der Waals surface area contributed by atoms with E-state index in [1.165, 1.54) is 18.2 Å². The highest BCUT2D eigenvalue weighted by Crippen LogP contribution is 2.29. The molecule has 0 fully saturated rings. The van der Waals surface area contributed by atoms with Crippen molar-refractivity contribution < 1.29 is 27.8 Å². The summed E-state index contributed by atoms with van der Waals surface area (Å²) in [7, 11) is 0. The van der Waals surface area contributed by atoms with Crippen LogP contribution >= 0.6 is 11.6 Å². The van der Waals surface area contributed by atoms with E-state index in [0.717, 1.165) is 0 Å². The molecule has 0 radical (unpaired) electrons. The van der Waals surface area contributed by atoms with Crippen molar-refractivity contribution in [3.05, 3.63) is 28.8 Å². The molecule has 0 amide bonds. The molecular weight excluding hydrogens is 261 g/mol. The summed E-state index contributed by atoms with van der Waals surface area (Å²) in [5, 5.41) is 8.72. The zero-order valence-electron chi connectivity index (χ0n) is 8.37. The number of aliphatic hydroxyl groups excluding tert-OH is 1. The maximum atomic E-state index is 12.0. The van der Waals surface area contributed by atoms with Crippen LogP contribution < -0.4 is 4.74 Å². The first-order valence-electron chi connectivity index (χ1n) is 4.47. The van der Waals surface area contributed by atoms with Crippen LogP contribution in [0.3, 0.4) is 0 Å². The highest BCUT2D eigenvalue weighted by molar-refractivity contribution is 6.32. The SMILES string of the molecule is O=Cc1cccc(Cl)c1OCC(O)C(F)(F)F. The number of aldehydes is 1. The summed E-state index contributed by atoms with van der Waals surface area (Å²) in [6.07, 6.45) is -7.00. The van der Waals surface area contributed by atoms with Crippen LogP contribution in [0.4, 0.5) is 13.2 Å². The van der Waals surface area contributed by atoms with Gasteiger partial charge in [0.25, 0.3) is 0 Å². The van der Waals surface area contributed by atoms with Gasteiger partial charge < -0.3 is 9.84 Å². The van der Waals surface area contributed by atoms with E-state index in [1.54, 1.807) is 0 Å². The van der Waals surface area contributed by atoms with Crippen LogP contribution in [-0.2, 0) is 0 Å². The van der Waals surface area contributed by atoms with E-state index in [4.69, 9.17) is 21.4 Å². The van der Waals surface area contributed by atoms with Gasteiger partial charge in [-0.05, 0) is 12.1 Å².